The molecule has 4 nitrogen and oxygen atoms in total. The van der Waals surface area contributed by atoms with Crippen molar-refractivity contribution in [3.8, 4) is 0 Å². The van der Waals surface area contributed by atoms with Crippen LogP contribution in [-0.2, 0) is 4.74 Å². The first kappa shape index (κ1) is 11.6. The maximum atomic E-state index is 5.88. The lowest BCUT2D eigenvalue weighted by molar-refractivity contribution is -0.0654. The summed E-state index contributed by atoms with van der Waals surface area (Å²) >= 11 is 0. The van der Waals surface area contributed by atoms with Gasteiger partial charge in [-0.25, -0.2) is 0 Å². The van der Waals surface area contributed by atoms with Crippen molar-refractivity contribution in [2.24, 2.45) is 5.73 Å². The van der Waals surface area contributed by atoms with E-state index in [2.05, 4.69) is 18.7 Å². The highest BCUT2D eigenvalue weighted by atomic mass is 16.5. The highest BCUT2D eigenvalue weighted by molar-refractivity contribution is 5.13. The van der Waals surface area contributed by atoms with Crippen molar-refractivity contribution >= 4 is 0 Å². The summed E-state index contributed by atoms with van der Waals surface area (Å²) in [5.41, 5.74) is 7.03. The van der Waals surface area contributed by atoms with Crippen molar-refractivity contribution in [2.75, 3.05) is 19.7 Å². The van der Waals surface area contributed by atoms with Gasteiger partial charge in [-0.3, -0.25) is 4.90 Å². The maximum absolute atomic E-state index is 5.88. The number of nitrogens with zero attached hydrogens (tertiary/aromatic N) is 1. The van der Waals surface area contributed by atoms with Crippen LogP contribution in [0.4, 0.5) is 0 Å². The van der Waals surface area contributed by atoms with Gasteiger partial charge in [0.15, 0.2) is 0 Å². The van der Waals surface area contributed by atoms with E-state index >= 15 is 0 Å². The van der Waals surface area contributed by atoms with E-state index in [0.29, 0.717) is 12.6 Å². The van der Waals surface area contributed by atoms with Gasteiger partial charge in [-0.05, 0) is 19.9 Å². The number of morpholine rings is 1. The first-order valence-electron chi connectivity index (χ1n) is 5.82. The van der Waals surface area contributed by atoms with Crippen LogP contribution in [0.15, 0.2) is 23.0 Å². The summed E-state index contributed by atoms with van der Waals surface area (Å²) in [5, 5.41) is 0. The molecule has 1 aromatic rings. The molecule has 1 aliphatic heterocycles. The minimum atomic E-state index is 0.236. The lowest BCUT2D eigenvalue weighted by Crippen LogP contribution is -2.50. The van der Waals surface area contributed by atoms with E-state index in [0.717, 1.165) is 18.7 Å². The second kappa shape index (κ2) is 4.99. The molecule has 1 saturated heterocycles. The van der Waals surface area contributed by atoms with Crippen LogP contribution in [0, 0.1) is 0 Å². The van der Waals surface area contributed by atoms with Crippen molar-refractivity contribution in [1.82, 2.24) is 4.90 Å². The average molecular weight is 224 g/mol. The van der Waals surface area contributed by atoms with E-state index in [1.165, 1.54) is 0 Å². The number of ether oxygens (including phenoxy) is 1. The Kier molecular flexibility index (Phi) is 3.63. The quantitative estimate of drug-likeness (QED) is 0.843. The van der Waals surface area contributed by atoms with E-state index in [-0.39, 0.29) is 12.1 Å². The molecule has 0 amide bonds. The topological polar surface area (TPSA) is 51.6 Å². The van der Waals surface area contributed by atoms with E-state index < -0.39 is 0 Å². The average Bonchev–Trinajstić information content (AvgIpc) is 2.78. The molecule has 16 heavy (non-hydrogen) atoms. The third-order valence-electron chi connectivity index (χ3n) is 3.21. The van der Waals surface area contributed by atoms with Crippen molar-refractivity contribution < 1.29 is 9.15 Å². The van der Waals surface area contributed by atoms with Gasteiger partial charge < -0.3 is 14.9 Å². The van der Waals surface area contributed by atoms with Gasteiger partial charge in [-0.15, -0.1) is 0 Å². The zero-order chi connectivity index (χ0) is 11.5. The van der Waals surface area contributed by atoms with Crippen LogP contribution in [0.1, 0.15) is 25.5 Å². The first-order valence-corrected chi connectivity index (χ1v) is 5.82. The number of rotatable bonds is 3. The maximum Gasteiger partial charge on any atom is 0.0950 e. The normalized spacial score (nSPS) is 29.2. The van der Waals surface area contributed by atoms with Crippen LogP contribution < -0.4 is 5.73 Å². The summed E-state index contributed by atoms with van der Waals surface area (Å²) in [6.45, 7) is 6.58. The SMILES string of the molecule is CC1CN(C(CN)c2ccoc2)C(C)CO1. The van der Waals surface area contributed by atoms with Crippen LogP contribution in [0.5, 0.6) is 0 Å². The Labute approximate surface area is 96.4 Å². The Morgan fingerprint density at radius 3 is 3.00 bits per heavy atom. The summed E-state index contributed by atoms with van der Waals surface area (Å²) in [6.07, 6.45) is 3.76. The zero-order valence-corrected chi connectivity index (χ0v) is 9.93. The predicted molar refractivity (Wildman–Crippen MR) is 62.1 cm³/mol. The Morgan fingerprint density at radius 2 is 2.38 bits per heavy atom. The van der Waals surface area contributed by atoms with Gasteiger partial charge in [0.05, 0.1) is 31.3 Å². The van der Waals surface area contributed by atoms with Gasteiger partial charge in [0.1, 0.15) is 0 Å². The first-order chi connectivity index (χ1) is 7.72. The molecular weight excluding hydrogens is 204 g/mol. The smallest absolute Gasteiger partial charge is 0.0950 e. The largest absolute Gasteiger partial charge is 0.472 e. The molecule has 0 saturated carbocycles. The Hall–Kier alpha value is -0.840. The highest BCUT2D eigenvalue weighted by Crippen LogP contribution is 2.25. The Bertz CT molecular complexity index is 313. The lowest BCUT2D eigenvalue weighted by atomic mass is 10.1. The van der Waals surface area contributed by atoms with Crippen LogP contribution in [0.3, 0.4) is 0 Å². The number of furan rings is 1. The summed E-state index contributed by atoms with van der Waals surface area (Å²) in [4.78, 5) is 2.40. The number of hydrogen-bond acceptors (Lipinski definition) is 4. The molecule has 0 aliphatic carbocycles. The van der Waals surface area contributed by atoms with E-state index in [4.69, 9.17) is 14.9 Å². The standard InChI is InChI=1S/C12H20N2O2/c1-9-7-16-10(2)6-14(9)12(5-13)11-3-4-15-8-11/h3-4,8-10,12H,5-7,13H2,1-2H3. The predicted octanol–water partition coefficient (Wildman–Crippen LogP) is 1.39. The van der Waals surface area contributed by atoms with Gasteiger partial charge in [0.25, 0.3) is 0 Å². The number of hydrogen-bond donors (Lipinski definition) is 1. The highest BCUT2D eigenvalue weighted by Gasteiger charge is 2.30. The van der Waals surface area contributed by atoms with Crippen molar-refractivity contribution in [3.63, 3.8) is 0 Å². The fourth-order valence-corrected chi connectivity index (χ4v) is 2.29. The minimum Gasteiger partial charge on any atom is -0.472 e. The molecular formula is C12H20N2O2. The lowest BCUT2D eigenvalue weighted by Gasteiger charge is -2.41. The Morgan fingerprint density at radius 1 is 1.56 bits per heavy atom. The van der Waals surface area contributed by atoms with Crippen molar-refractivity contribution in [3.05, 3.63) is 24.2 Å². The molecule has 1 aliphatic rings. The molecule has 0 aromatic carbocycles. The monoisotopic (exact) mass is 224 g/mol. The number of nitrogens with two attached hydrogens (primary N) is 1. The van der Waals surface area contributed by atoms with Crippen LogP contribution in [0.25, 0.3) is 0 Å². The fourth-order valence-electron chi connectivity index (χ4n) is 2.29. The third-order valence-corrected chi connectivity index (χ3v) is 3.21. The molecule has 1 aromatic heterocycles. The summed E-state index contributed by atoms with van der Waals surface area (Å²) in [7, 11) is 0. The molecule has 1 fully saturated rings. The van der Waals surface area contributed by atoms with E-state index in [1.54, 1.807) is 12.5 Å². The second-order valence-electron chi connectivity index (χ2n) is 4.50. The molecule has 90 valence electrons. The third kappa shape index (κ3) is 2.29. The summed E-state index contributed by atoms with van der Waals surface area (Å²) in [5.74, 6) is 0. The second-order valence-corrected chi connectivity index (χ2v) is 4.50. The molecule has 2 rings (SSSR count). The molecule has 4 heteroatoms. The van der Waals surface area contributed by atoms with Crippen molar-refractivity contribution in [1.29, 1.82) is 0 Å². The molecule has 0 bridgehead atoms. The van der Waals surface area contributed by atoms with Gasteiger partial charge >= 0.3 is 0 Å². The zero-order valence-electron chi connectivity index (χ0n) is 9.93. The molecule has 2 heterocycles. The van der Waals surface area contributed by atoms with Gasteiger partial charge in [0, 0.05) is 24.7 Å². The molecule has 0 spiro atoms. The Balaban J connectivity index is 2.13. The molecule has 0 radical (unpaired) electrons. The van der Waals surface area contributed by atoms with Crippen LogP contribution in [0.2, 0.25) is 0 Å². The van der Waals surface area contributed by atoms with Crippen molar-refractivity contribution in [2.45, 2.75) is 32.0 Å². The van der Waals surface area contributed by atoms with Crippen LogP contribution >= 0.6 is 0 Å². The van der Waals surface area contributed by atoms with E-state index in [9.17, 15) is 0 Å². The van der Waals surface area contributed by atoms with Gasteiger partial charge in [0.2, 0.25) is 0 Å². The minimum absolute atomic E-state index is 0.236. The molecule has 3 atom stereocenters. The summed E-state index contributed by atoms with van der Waals surface area (Å²) in [6, 6.07) is 2.63. The molecule has 2 N–H and O–H groups in total. The van der Waals surface area contributed by atoms with Crippen LogP contribution in [-0.4, -0.2) is 36.7 Å². The molecule has 3 unspecified atom stereocenters. The van der Waals surface area contributed by atoms with Gasteiger partial charge in [-0.2, -0.15) is 0 Å². The van der Waals surface area contributed by atoms with E-state index in [1.807, 2.05) is 6.07 Å². The fraction of sp³-hybridized carbons (Fsp3) is 0.667. The summed E-state index contributed by atoms with van der Waals surface area (Å²) < 4.78 is 10.8. The van der Waals surface area contributed by atoms with Gasteiger partial charge in [-0.1, -0.05) is 0 Å².